The van der Waals surface area contributed by atoms with E-state index in [0.29, 0.717) is 17.1 Å². The highest BCUT2D eigenvalue weighted by Gasteiger charge is 2.07. The molecule has 0 aliphatic rings. The summed E-state index contributed by atoms with van der Waals surface area (Å²) < 4.78 is 0. The van der Waals surface area contributed by atoms with E-state index in [1.165, 1.54) is 0 Å². The van der Waals surface area contributed by atoms with E-state index in [0.717, 1.165) is 10.6 Å². The first kappa shape index (κ1) is 12.3. The first-order chi connectivity index (χ1) is 8.76. The Morgan fingerprint density at radius 2 is 2.11 bits per heavy atom. The largest absolute Gasteiger partial charge is 0.395 e. The zero-order valence-corrected chi connectivity index (χ0v) is 10.7. The van der Waals surface area contributed by atoms with Gasteiger partial charge in [0.1, 0.15) is 6.07 Å². The summed E-state index contributed by atoms with van der Waals surface area (Å²) in [6, 6.07) is 11.5. The summed E-state index contributed by atoms with van der Waals surface area (Å²) >= 11 is 1.63. The molecule has 5 heteroatoms. The van der Waals surface area contributed by atoms with Crippen molar-refractivity contribution in [3.8, 4) is 6.07 Å². The molecule has 0 saturated carbocycles. The lowest BCUT2D eigenvalue weighted by molar-refractivity contribution is 1.28. The van der Waals surface area contributed by atoms with Crippen LogP contribution in [0.5, 0.6) is 0 Å². The molecule has 0 bridgehead atoms. The number of hydrogen-bond donors (Lipinski definition) is 2. The molecule has 0 aliphatic carbocycles. The fraction of sp³-hybridized carbons (Fsp3) is 0.0769. The van der Waals surface area contributed by atoms with Crippen LogP contribution in [0.1, 0.15) is 5.56 Å². The first-order valence-electron chi connectivity index (χ1n) is 5.31. The number of aromatic nitrogens is 1. The van der Waals surface area contributed by atoms with E-state index in [2.05, 4.69) is 10.3 Å². The van der Waals surface area contributed by atoms with Gasteiger partial charge < -0.3 is 11.1 Å². The molecule has 18 heavy (non-hydrogen) atoms. The smallest absolute Gasteiger partial charge is 0.154 e. The Balaban J connectivity index is 2.38. The number of hydrogen-bond acceptors (Lipinski definition) is 5. The van der Waals surface area contributed by atoms with Crippen LogP contribution in [0.3, 0.4) is 0 Å². The van der Waals surface area contributed by atoms with Crippen molar-refractivity contribution in [3.05, 3.63) is 42.1 Å². The Hall–Kier alpha value is -2.19. The number of nitriles is 1. The minimum atomic E-state index is 0.371. The van der Waals surface area contributed by atoms with Crippen LogP contribution in [0.4, 0.5) is 17.2 Å². The van der Waals surface area contributed by atoms with Crippen molar-refractivity contribution in [2.75, 3.05) is 17.3 Å². The average Bonchev–Trinajstić information content (AvgIpc) is 2.42. The van der Waals surface area contributed by atoms with Crippen molar-refractivity contribution >= 4 is 29.0 Å². The SMILES string of the molecule is CSc1ccccc1Nc1nccc(C#N)c1N. The predicted molar refractivity (Wildman–Crippen MR) is 74.9 cm³/mol. The summed E-state index contributed by atoms with van der Waals surface area (Å²) in [6.07, 6.45) is 3.57. The second kappa shape index (κ2) is 5.43. The van der Waals surface area contributed by atoms with Crippen LogP contribution in [0.15, 0.2) is 41.4 Å². The summed E-state index contributed by atoms with van der Waals surface area (Å²) in [7, 11) is 0. The number of benzene rings is 1. The number of nitrogens with one attached hydrogen (secondary N) is 1. The number of rotatable bonds is 3. The minimum absolute atomic E-state index is 0.371. The maximum absolute atomic E-state index is 8.92. The third-order valence-corrected chi connectivity index (χ3v) is 3.27. The van der Waals surface area contributed by atoms with E-state index in [4.69, 9.17) is 11.0 Å². The van der Waals surface area contributed by atoms with Gasteiger partial charge in [-0.1, -0.05) is 12.1 Å². The van der Waals surface area contributed by atoms with Gasteiger partial charge in [0.2, 0.25) is 0 Å². The Labute approximate surface area is 110 Å². The van der Waals surface area contributed by atoms with Gasteiger partial charge in [-0.05, 0) is 24.5 Å². The molecule has 0 atom stereocenters. The molecule has 0 spiro atoms. The highest BCUT2D eigenvalue weighted by atomic mass is 32.2. The highest BCUT2D eigenvalue weighted by Crippen LogP contribution is 2.29. The lowest BCUT2D eigenvalue weighted by atomic mass is 10.2. The average molecular weight is 256 g/mol. The molecule has 2 aromatic rings. The van der Waals surface area contributed by atoms with Gasteiger partial charge in [0.25, 0.3) is 0 Å². The van der Waals surface area contributed by atoms with Gasteiger partial charge >= 0.3 is 0 Å². The van der Waals surface area contributed by atoms with Crippen molar-refractivity contribution in [2.45, 2.75) is 4.90 Å². The molecule has 0 amide bonds. The molecule has 1 aromatic carbocycles. The van der Waals surface area contributed by atoms with Crippen molar-refractivity contribution < 1.29 is 0 Å². The summed E-state index contributed by atoms with van der Waals surface area (Å²) in [5.74, 6) is 0.510. The van der Waals surface area contributed by atoms with Crippen LogP contribution in [-0.2, 0) is 0 Å². The van der Waals surface area contributed by atoms with Crippen LogP contribution in [0.25, 0.3) is 0 Å². The molecule has 3 N–H and O–H groups in total. The molecular weight excluding hydrogens is 244 g/mol. The topological polar surface area (TPSA) is 74.7 Å². The maximum Gasteiger partial charge on any atom is 0.154 e. The number of nitrogen functional groups attached to an aromatic ring is 1. The third kappa shape index (κ3) is 2.39. The molecule has 0 fully saturated rings. The number of anilines is 3. The minimum Gasteiger partial charge on any atom is -0.395 e. The first-order valence-corrected chi connectivity index (χ1v) is 6.53. The van der Waals surface area contributed by atoms with Crippen LogP contribution < -0.4 is 11.1 Å². The zero-order chi connectivity index (χ0) is 13.0. The lowest BCUT2D eigenvalue weighted by Gasteiger charge is -2.11. The Morgan fingerprint density at radius 1 is 1.33 bits per heavy atom. The Bertz CT molecular complexity index is 604. The van der Waals surface area contributed by atoms with Crippen LogP contribution in [-0.4, -0.2) is 11.2 Å². The summed E-state index contributed by atoms with van der Waals surface area (Å²) in [6.45, 7) is 0. The van der Waals surface area contributed by atoms with E-state index >= 15 is 0 Å². The zero-order valence-electron chi connectivity index (χ0n) is 9.84. The van der Waals surface area contributed by atoms with Gasteiger partial charge in [0.15, 0.2) is 5.82 Å². The molecule has 0 saturated heterocycles. The number of nitrogens with zero attached hydrogens (tertiary/aromatic N) is 2. The van der Waals surface area contributed by atoms with E-state index in [1.54, 1.807) is 24.0 Å². The standard InChI is InChI=1S/C13H12N4S/c1-18-11-5-3-2-4-10(11)17-13-12(15)9(8-14)6-7-16-13/h2-7H,15H2,1H3,(H,16,17). The summed E-state index contributed by atoms with van der Waals surface area (Å²) in [5.41, 5.74) is 7.61. The predicted octanol–water partition coefficient (Wildman–Crippen LogP) is 3.00. The van der Waals surface area contributed by atoms with Gasteiger partial charge in [0.05, 0.1) is 16.9 Å². The fourth-order valence-electron chi connectivity index (χ4n) is 1.55. The van der Waals surface area contributed by atoms with Crippen molar-refractivity contribution in [1.82, 2.24) is 4.98 Å². The normalized spacial score (nSPS) is 9.78. The molecule has 1 aromatic heterocycles. The second-order valence-electron chi connectivity index (χ2n) is 3.56. The van der Waals surface area contributed by atoms with Gasteiger partial charge in [-0.3, -0.25) is 0 Å². The monoisotopic (exact) mass is 256 g/mol. The number of pyridine rings is 1. The Morgan fingerprint density at radius 3 is 2.83 bits per heavy atom. The number of thioether (sulfide) groups is 1. The molecule has 0 unspecified atom stereocenters. The van der Waals surface area contributed by atoms with Gasteiger partial charge in [-0.15, -0.1) is 11.8 Å². The summed E-state index contributed by atoms with van der Waals surface area (Å²) in [5, 5.41) is 12.1. The van der Waals surface area contributed by atoms with E-state index < -0.39 is 0 Å². The van der Waals surface area contributed by atoms with Crippen LogP contribution in [0, 0.1) is 11.3 Å². The van der Waals surface area contributed by atoms with Crippen LogP contribution in [0.2, 0.25) is 0 Å². The highest BCUT2D eigenvalue weighted by molar-refractivity contribution is 7.98. The molecule has 0 radical (unpaired) electrons. The molecule has 0 aliphatic heterocycles. The molecule has 90 valence electrons. The lowest BCUT2D eigenvalue weighted by Crippen LogP contribution is -2.01. The molecule has 4 nitrogen and oxygen atoms in total. The fourth-order valence-corrected chi connectivity index (χ4v) is 2.10. The van der Waals surface area contributed by atoms with E-state index in [-0.39, 0.29) is 0 Å². The Kier molecular flexibility index (Phi) is 3.70. The van der Waals surface area contributed by atoms with Gasteiger partial charge in [0, 0.05) is 11.1 Å². The molecular formula is C13H12N4S. The quantitative estimate of drug-likeness (QED) is 0.826. The van der Waals surface area contributed by atoms with E-state index in [1.807, 2.05) is 36.6 Å². The number of nitrogens with two attached hydrogens (primary N) is 1. The van der Waals surface area contributed by atoms with Crippen LogP contribution >= 0.6 is 11.8 Å². The molecule has 2 rings (SSSR count). The van der Waals surface area contributed by atoms with Gasteiger partial charge in [-0.25, -0.2) is 4.98 Å². The number of para-hydroxylation sites is 1. The van der Waals surface area contributed by atoms with Crippen molar-refractivity contribution in [3.63, 3.8) is 0 Å². The second-order valence-corrected chi connectivity index (χ2v) is 4.41. The van der Waals surface area contributed by atoms with E-state index in [9.17, 15) is 0 Å². The third-order valence-electron chi connectivity index (χ3n) is 2.47. The molecule has 1 heterocycles. The van der Waals surface area contributed by atoms with Crippen molar-refractivity contribution in [2.24, 2.45) is 0 Å². The van der Waals surface area contributed by atoms with Crippen molar-refractivity contribution in [1.29, 1.82) is 5.26 Å². The van der Waals surface area contributed by atoms with Gasteiger partial charge in [-0.2, -0.15) is 5.26 Å². The maximum atomic E-state index is 8.92. The summed E-state index contributed by atoms with van der Waals surface area (Å²) in [4.78, 5) is 5.26.